The van der Waals surface area contributed by atoms with Crippen molar-refractivity contribution >= 4 is 17.4 Å². The minimum absolute atomic E-state index is 0.218. The van der Waals surface area contributed by atoms with Gasteiger partial charge in [-0.2, -0.15) is 0 Å². The third-order valence-electron chi connectivity index (χ3n) is 2.13. The van der Waals surface area contributed by atoms with Crippen LogP contribution >= 0.6 is 11.6 Å². The van der Waals surface area contributed by atoms with Gasteiger partial charge < -0.3 is 14.7 Å². The number of furan rings is 1. The van der Waals surface area contributed by atoms with Crippen LogP contribution < -0.4 is 5.73 Å². The molecule has 15 heavy (non-hydrogen) atoms. The Kier molecular flexibility index (Phi) is 2.44. The van der Waals surface area contributed by atoms with Gasteiger partial charge >= 0.3 is 0 Å². The standard InChI is InChI=1S/C10H11ClN2O2/c1-5(2)8-9(15-13-10(8)12)6-3-4-7(11)14-6/h3-5H,1-2H3,(H2,12,13). The Morgan fingerprint density at radius 1 is 1.40 bits per heavy atom. The van der Waals surface area contributed by atoms with E-state index in [4.69, 9.17) is 26.3 Å². The smallest absolute Gasteiger partial charge is 0.207 e. The van der Waals surface area contributed by atoms with Gasteiger partial charge in [0.2, 0.25) is 5.76 Å². The maximum absolute atomic E-state index is 5.71. The molecule has 5 heteroatoms. The van der Waals surface area contributed by atoms with E-state index in [9.17, 15) is 0 Å². The average Bonchev–Trinajstić information content (AvgIpc) is 2.71. The van der Waals surface area contributed by atoms with Crippen molar-refractivity contribution in [3.05, 3.63) is 22.9 Å². The van der Waals surface area contributed by atoms with Gasteiger partial charge in [-0.15, -0.1) is 0 Å². The van der Waals surface area contributed by atoms with E-state index in [2.05, 4.69) is 5.16 Å². The molecule has 0 radical (unpaired) electrons. The quantitative estimate of drug-likeness (QED) is 0.853. The van der Waals surface area contributed by atoms with Crippen LogP contribution in [0.25, 0.3) is 11.5 Å². The van der Waals surface area contributed by atoms with Crippen molar-refractivity contribution in [3.63, 3.8) is 0 Å². The van der Waals surface area contributed by atoms with Gasteiger partial charge in [0.25, 0.3) is 0 Å². The molecule has 0 bridgehead atoms. The number of anilines is 1. The molecule has 0 atom stereocenters. The number of hydrogen-bond acceptors (Lipinski definition) is 4. The van der Waals surface area contributed by atoms with E-state index in [1.54, 1.807) is 12.1 Å². The van der Waals surface area contributed by atoms with Crippen molar-refractivity contribution < 1.29 is 8.94 Å². The Hall–Kier alpha value is -1.42. The Labute approximate surface area is 92.0 Å². The molecule has 4 nitrogen and oxygen atoms in total. The van der Waals surface area contributed by atoms with Crippen LogP contribution in [-0.4, -0.2) is 5.16 Å². The third kappa shape index (κ3) is 1.72. The minimum atomic E-state index is 0.218. The Morgan fingerprint density at radius 2 is 2.13 bits per heavy atom. The highest BCUT2D eigenvalue weighted by molar-refractivity contribution is 6.28. The van der Waals surface area contributed by atoms with Gasteiger partial charge in [-0.1, -0.05) is 19.0 Å². The molecule has 0 amide bonds. The lowest BCUT2D eigenvalue weighted by molar-refractivity contribution is 0.419. The van der Waals surface area contributed by atoms with Gasteiger partial charge in [-0.3, -0.25) is 0 Å². The Morgan fingerprint density at radius 3 is 2.67 bits per heavy atom. The molecule has 2 aromatic heterocycles. The summed E-state index contributed by atoms with van der Waals surface area (Å²) in [6, 6.07) is 3.38. The molecule has 2 heterocycles. The van der Waals surface area contributed by atoms with Crippen molar-refractivity contribution in [2.75, 3.05) is 5.73 Å². The molecule has 0 saturated heterocycles. The topological polar surface area (TPSA) is 65.2 Å². The number of aromatic nitrogens is 1. The first kappa shape index (κ1) is 10.1. The zero-order valence-electron chi connectivity index (χ0n) is 8.45. The van der Waals surface area contributed by atoms with Gasteiger partial charge in [0, 0.05) is 5.56 Å². The largest absolute Gasteiger partial charge is 0.441 e. The SMILES string of the molecule is CC(C)c1c(N)noc1-c1ccc(Cl)o1. The highest BCUT2D eigenvalue weighted by Crippen LogP contribution is 2.34. The average molecular weight is 227 g/mol. The van der Waals surface area contributed by atoms with Crippen LogP contribution in [0.2, 0.25) is 5.22 Å². The molecular formula is C10H11ClN2O2. The van der Waals surface area contributed by atoms with Crippen LogP contribution in [0, 0.1) is 0 Å². The summed E-state index contributed by atoms with van der Waals surface area (Å²) in [6.07, 6.45) is 0. The summed E-state index contributed by atoms with van der Waals surface area (Å²) < 4.78 is 10.4. The van der Waals surface area contributed by atoms with E-state index in [0.29, 0.717) is 22.6 Å². The second-order valence-corrected chi connectivity index (χ2v) is 3.94. The summed E-state index contributed by atoms with van der Waals surface area (Å²) >= 11 is 5.69. The van der Waals surface area contributed by atoms with Crippen molar-refractivity contribution in [1.82, 2.24) is 5.16 Å². The number of nitrogens with zero attached hydrogens (tertiary/aromatic N) is 1. The minimum Gasteiger partial charge on any atom is -0.441 e. The van der Waals surface area contributed by atoms with E-state index in [1.165, 1.54) is 0 Å². The maximum atomic E-state index is 5.71. The molecule has 0 aliphatic rings. The van der Waals surface area contributed by atoms with Gasteiger partial charge in [0.1, 0.15) is 0 Å². The molecule has 0 saturated carbocycles. The van der Waals surface area contributed by atoms with E-state index in [0.717, 1.165) is 5.56 Å². The fourth-order valence-electron chi connectivity index (χ4n) is 1.48. The lowest BCUT2D eigenvalue weighted by Gasteiger charge is -2.02. The molecule has 0 spiro atoms. The third-order valence-corrected chi connectivity index (χ3v) is 2.33. The molecule has 0 aliphatic carbocycles. The molecule has 2 rings (SSSR count). The van der Waals surface area contributed by atoms with Crippen molar-refractivity contribution in [1.29, 1.82) is 0 Å². The summed E-state index contributed by atoms with van der Waals surface area (Å²) in [5.41, 5.74) is 6.56. The molecule has 2 aromatic rings. The first-order valence-corrected chi connectivity index (χ1v) is 4.98. The molecule has 0 aliphatic heterocycles. The second kappa shape index (κ2) is 3.62. The predicted molar refractivity (Wildman–Crippen MR) is 57.7 cm³/mol. The lowest BCUT2D eigenvalue weighted by atomic mass is 10.0. The molecule has 0 aromatic carbocycles. The molecule has 0 unspecified atom stereocenters. The van der Waals surface area contributed by atoms with Crippen LogP contribution in [-0.2, 0) is 0 Å². The highest BCUT2D eigenvalue weighted by atomic mass is 35.5. The van der Waals surface area contributed by atoms with Crippen LogP contribution in [0.5, 0.6) is 0 Å². The van der Waals surface area contributed by atoms with Gasteiger partial charge in [-0.05, 0) is 29.7 Å². The van der Waals surface area contributed by atoms with Gasteiger partial charge in [0.05, 0.1) is 0 Å². The van der Waals surface area contributed by atoms with E-state index in [-0.39, 0.29) is 5.92 Å². The summed E-state index contributed by atoms with van der Waals surface area (Å²) in [5, 5.41) is 4.04. The zero-order valence-corrected chi connectivity index (χ0v) is 9.21. The maximum Gasteiger partial charge on any atom is 0.207 e. The molecular weight excluding hydrogens is 216 g/mol. The van der Waals surface area contributed by atoms with E-state index < -0.39 is 0 Å². The number of hydrogen-bond donors (Lipinski definition) is 1. The Bertz CT molecular complexity index is 473. The predicted octanol–water partition coefficient (Wildman–Crippen LogP) is 3.29. The van der Waals surface area contributed by atoms with Crippen LogP contribution in [0.4, 0.5) is 5.82 Å². The molecule has 2 N–H and O–H groups in total. The van der Waals surface area contributed by atoms with Crippen molar-refractivity contribution in [2.45, 2.75) is 19.8 Å². The summed E-state index contributed by atoms with van der Waals surface area (Å²) in [4.78, 5) is 0. The van der Waals surface area contributed by atoms with Gasteiger partial charge in [0.15, 0.2) is 16.8 Å². The molecule has 0 fully saturated rings. The second-order valence-electron chi connectivity index (χ2n) is 3.57. The Balaban J connectivity index is 2.53. The number of halogens is 1. The summed E-state index contributed by atoms with van der Waals surface area (Å²) in [6.45, 7) is 4.02. The lowest BCUT2D eigenvalue weighted by Crippen LogP contribution is -1.94. The summed E-state index contributed by atoms with van der Waals surface area (Å²) in [5.74, 6) is 1.71. The van der Waals surface area contributed by atoms with E-state index in [1.807, 2.05) is 13.8 Å². The molecule has 80 valence electrons. The number of nitrogens with two attached hydrogens (primary N) is 1. The number of nitrogen functional groups attached to an aromatic ring is 1. The van der Waals surface area contributed by atoms with Crippen molar-refractivity contribution in [3.8, 4) is 11.5 Å². The summed E-state index contributed by atoms with van der Waals surface area (Å²) in [7, 11) is 0. The number of rotatable bonds is 2. The first-order chi connectivity index (χ1) is 7.09. The normalized spacial score (nSPS) is 11.2. The monoisotopic (exact) mass is 226 g/mol. The zero-order chi connectivity index (χ0) is 11.0. The van der Waals surface area contributed by atoms with Crippen LogP contribution in [0.1, 0.15) is 25.3 Å². The van der Waals surface area contributed by atoms with E-state index >= 15 is 0 Å². The first-order valence-electron chi connectivity index (χ1n) is 4.60. The van der Waals surface area contributed by atoms with Crippen LogP contribution in [0.3, 0.4) is 0 Å². The fraction of sp³-hybridized carbons (Fsp3) is 0.300. The van der Waals surface area contributed by atoms with Crippen molar-refractivity contribution in [2.24, 2.45) is 0 Å². The van der Waals surface area contributed by atoms with Crippen LogP contribution in [0.15, 0.2) is 21.1 Å². The highest BCUT2D eigenvalue weighted by Gasteiger charge is 2.20. The fourth-order valence-corrected chi connectivity index (χ4v) is 1.63. The van der Waals surface area contributed by atoms with Gasteiger partial charge in [-0.25, -0.2) is 0 Å².